The first-order chi connectivity index (χ1) is 3.29. The van der Waals surface area contributed by atoms with Crippen molar-refractivity contribution < 1.29 is 36.6 Å². The zero-order valence-corrected chi connectivity index (χ0v) is 5.79. The van der Waals surface area contributed by atoms with Gasteiger partial charge in [0.2, 0.25) is 0 Å². The first-order valence-corrected chi connectivity index (χ1v) is 2.12. The topological polar surface area (TPSA) is 35.5 Å². The quantitative estimate of drug-likeness (QED) is 0.432. The molecule has 4 heteroatoms. The minimum absolute atomic E-state index is 0. The fraction of sp³-hybridized carbons (Fsp3) is 0.750. The average Bonchev–Trinajstić information content (AvgIpc) is 1.87. The predicted octanol–water partition coefficient (Wildman–Crippen LogP) is 0.539. The van der Waals surface area contributed by atoms with Crippen molar-refractivity contribution in [1.82, 2.24) is 0 Å². The van der Waals surface area contributed by atoms with Crippen molar-refractivity contribution >= 4 is 6.16 Å². The maximum Gasteiger partial charge on any atom is 0.508 e. The Morgan fingerprint density at radius 3 is 2.50 bits per heavy atom. The van der Waals surface area contributed by atoms with E-state index in [1.165, 1.54) is 0 Å². The third-order valence-corrected chi connectivity index (χ3v) is 0.733. The monoisotopic (exact) mass is 209 g/mol. The van der Waals surface area contributed by atoms with Gasteiger partial charge in [-0.05, 0) is 6.92 Å². The van der Waals surface area contributed by atoms with Crippen molar-refractivity contribution in [3.05, 3.63) is 0 Å². The van der Waals surface area contributed by atoms with E-state index < -0.39 is 6.16 Å². The third kappa shape index (κ3) is 1.86. The summed E-state index contributed by atoms with van der Waals surface area (Å²) in [5.41, 5.74) is 0. The summed E-state index contributed by atoms with van der Waals surface area (Å²) in [5.74, 6) is 0. The van der Waals surface area contributed by atoms with Crippen LogP contribution >= 0.6 is 0 Å². The van der Waals surface area contributed by atoms with Crippen LogP contribution in [-0.2, 0) is 31.9 Å². The molecule has 1 aliphatic rings. The Morgan fingerprint density at radius 1 is 1.75 bits per heavy atom. The number of hydrogen-bond donors (Lipinski definition) is 0. The van der Waals surface area contributed by atoms with E-state index >= 15 is 0 Å². The van der Waals surface area contributed by atoms with Crippen LogP contribution in [-0.4, -0.2) is 18.9 Å². The summed E-state index contributed by atoms with van der Waals surface area (Å²) in [7, 11) is 0. The Kier molecular flexibility index (Phi) is 3.12. The summed E-state index contributed by atoms with van der Waals surface area (Å²) in [6.07, 6.45) is -0.597. The molecule has 0 aliphatic carbocycles. The Labute approximate surface area is 62.9 Å². The summed E-state index contributed by atoms with van der Waals surface area (Å²) in [4.78, 5) is 10.0. The molecular formula is C4H6AgO3. The van der Waals surface area contributed by atoms with Gasteiger partial charge in [-0.25, -0.2) is 4.79 Å². The van der Waals surface area contributed by atoms with Gasteiger partial charge in [0, 0.05) is 22.4 Å². The van der Waals surface area contributed by atoms with E-state index in [-0.39, 0.29) is 28.5 Å². The van der Waals surface area contributed by atoms with E-state index in [2.05, 4.69) is 9.47 Å². The van der Waals surface area contributed by atoms with Crippen molar-refractivity contribution in [2.45, 2.75) is 13.0 Å². The van der Waals surface area contributed by atoms with Crippen molar-refractivity contribution in [2.75, 3.05) is 6.61 Å². The molecule has 1 unspecified atom stereocenters. The molecule has 1 rings (SSSR count). The SMILES string of the molecule is CC1COC(=O)O1.[Ag]. The van der Waals surface area contributed by atoms with Gasteiger partial charge in [-0.2, -0.15) is 0 Å². The predicted molar refractivity (Wildman–Crippen MR) is 21.9 cm³/mol. The normalized spacial score (nSPS) is 25.6. The minimum atomic E-state index is -0.549. The number of rotatable bonds is 0. The van der Waals surface area contributed by atoms with E-state index in [4.69, 9.17) is 0 Å². The van der Waals surface area contributed by atoms with Crippen LogP contribution < -0.4 is 0 Å². The van der Waals surface area contributed by atoms with Gasteiger partial charge in [0.1, 0.15) is 12.7 Å². The van der Waals surface area contributed by atoms with Gasteiger partial charge >= 0.3 is 6.16 Å². The molecule has 1 aliphatic heterocycles. The van der Waals surface area contributed by atoms with Crippen LogP contribution in [0.2, 0.25) is 0 Å². The van der Waals surface area contributed by atoms with E-state index in [0.717, 1.165) is 0 Å². The molecule has 0 bridgehead atoms. The molecule has 1 radical (unpaired) electrons. The first-order valence-electron chi connectivity index (χ1n) is 2.12. The molecule has 0 saturated carbocycles. The number of ether oxygens (including phenoxy) is 2. The first kappa shape index (κ1) is 8.01. The molecule has 0 N–H and O–H groups in total. The van der Waals surface area contributed by atoms with Gasteiger partial charge in [-0.1, -0.05) is 0 Å². The molecule has 1 saturated heterocycles. The van der Waals surface area contributed by atoms with Gasteiger partial charge < -0.3 is 9.47 Å². The molecule has 8 heavy (non-hydrogen) atoms. The third-order valence-electron chi connectivity index (χ3n) is 0.733. The Bertz CT molecular complexity index is 93.3. The van der Waals surface area contributed by atoms with E-state index in [1.54, 1.807) is 6.92 Å². The van der Waals surface area contributed by atoms with E-state index in [0.29, 0.717) is 6.61 Å². The van der Waals surface area contributed by atoms with Gasteiger partial charge in [0.15, 0.2) is 0 Å². The van der Waals surface area contributed by atoms with Crippen LogP contribution in [0.3, 0.4) is 0 Å². The molecule has 1 atom stereocenters. The van der Waals surface area contributed by atoms with E-state index in [9.17, 15) is 4.79 Å². The molecule has 0 aromatic heterocycles. The van der Waals surface area contributed by atoms with Gasteiger partial charge in [-0.15, -0.1) is 0 Å². The Hall–Kier alpha value is 0.0103. The summed E-state index contributed by atoms with van der Waals surface area (Å²) < 4.78 is 8.90. The Balaban J connectivity index is 0.000000490. The molecule has 51 valence electrons. The Morgan fingerprint density at radius 2 is 2.38 bits per heavy atom. The van der Waals surface area contributed by atoms with Crippen molar-refractivity contribution in [3.8, 4) is 0 Å². The fourth-order valence-corrected chi connectivity index (χ4v) is 0.418. The van der Waals surface area contributed by atoms with Crippen LogP contribution in [0.25, 0.3) is 0 Å². The number of hydrogen-bond acceptors (Lipinski definition) is 3. The van der Waals surface area contributed by atoms with Gasteiger partial charge in [-0.3, -0.25) is 0 Å². The zero-order chi connectivity index (χ0) is 5.28. The van der Waals surface area contributed by atoms with Crippen molar-refractivity contribution in [3.63, 3.8) is 0 Å². The van der Waals surface area contributed by atoms with Crippen molar-refractivity contribution in [2.24, 2.45) is 0 Å². The second kappa shape index (κ2) is 3.12. The molecule has 0 aromatic rings. The molecule has 0 aromatic carbocycles. The van der Waals surface area contributed by atoms with Crippen molar-refractivity contribution in [1.29, 1.82) is 0 Å². The summed E-state index contributed by atoms with van der Waals surface area (Å²) >= 11 is 0. The fourth-order valence-electron chi connectivity index (χ4n) is 0.418. The number of cyclic esters (lactones) is 2. The molecule has 3 nitrogen and oxygen atoms in total. The maximum atomic E-state index is 10.0. The van der Waals surface area contributed by atoms with Crippen LogP contribution in [0.15, 0.2) is 0 Å². The summed E-state index contributed by atoms with van der Waals surface area (Å²) in [6.45, 7) is 2.18. The molecule has 0 spiro atoms. The van der Waals surface area contributed by atoms with Crippen LogP contribution in [0.5, 0.6) is 0 Å². The smallest absolute Gasteiger partial charge is 0.430 e. The maximum absolute atomic E-state index is 10.0. The van der Waals surface area contributed by atoms with Gasteiger partial charge in [0.05, 0.1) is 0 Å². The minimum Gasteiger partial charge on any atom is -0.430 e. The second-order valence-electron chi connectivity index (χ2n) is 1.49. The van der Waals surface area contributed by atoms with Crippen LogP contribution in [0.4, 0.5) is 4.79 Å². The van der Waals surface area contributed by atoms with Crippen LogP contribution in [0, 0.1) is 0 Å². The standard InChI is InChI=1S/C4H6O3.Ag/c1-3-2-6-4(5)7-3;/h3H,2H2,1H3;. The zero-order valence-electron chi connectivity index (χ0n) is 4.31. The largest absolute Gasteiger partial charge is 0.508 e. The molecule has 0 amide bonds. The second-order valence-corrected chi connectivity index (χ2v) is 1.49. The number of carbonyl (C=O) groups excluding carboxylic acids is 1. The number of carbonyl (C=O) groups is 1. The molecule has 1 heterocycles. The van der Waals surface area contributed by atoms with Gasteiger partial charge in [0.25, 0.3) is 0 Å². The average molecular weight is 210 g/mol. The van der Waals surface area contributed by atoms with Crippen LogP contribution in [0.1, 0.15) is 6.92 Å². The van der Waals surface area contributed by atoms with E-state index in [1.807, 2.05) is 0 Å². The molecule has 1 fully saturated rings. The summed E-state index contributed by atoms with van der Waals surface area (Å²) in [6, 6.07) is 0. The molecular weight excluding hydrogens is 204 g/mol. The summed E-state index contributed by atoms with van der Waals surface area (Å²) in [5, 5.41) is 0.